The molecule has 2 aromatic carbocycles. The van der Waals surface area contributed by atoms with E-state index in [2.05, 4.69) is 5.32 Å². The van der Waals surface area contributed by atoms with Crippen molar-refractivity contribution in [2.45, 2.75) is 24.7 Å². The van der Waals surface area contributed by atoms with Gasteiger partial charge < -0.3 is 5.32 Å². The van der Waals surface area contributed by atoms with Crippen LogP contribution in [0.3, 0.4) is 0 Å². The molecule has 7 heteroatoms. The van der Waals surface area contributed by atoms with Gasteiger partial charge in [0, 0.05) is 24.3 Å². The van der Waals surface area contributed by atoms with Crippen molar-refractivity contribution in [3.05, 3.63) is 59.4 Å². The summed E-state index contributed by atoms with van der Waals surface area (Å²) in [6.45, 7) is 2.65. The number of nitrogens with zero attached hydrogens (tertiary/aromatic N) is 1. The first-order chi connectivity index (χ1) is 11.9. The maximum atomic E-state index is 13.6. The first-order valence-electron chi connectivity index (χ1n) is 8.05. The highest BCUT2D eigenvalue weighted by Crippen LogP contribution is 2.23. The monoisotopic (exact) mass is 362 g/mol. The van der Waals surface area contributed by atoms with Crippen molar-refractivity contribution in [2.24, 2.45) is 0 Å². The van der Waals surface area contributed by atoms with Crippen molar-refractivity contribution in [3.8, 4) is 0 Å². The Morgan fingerprint density at radius 3 is 2.52 bits per heavy atom. The largest absolute Gasteiger partial charge is 0.322 e. The van der Waals surface area contributed by atoms with Crippen LogP contribution in [0.25, 0.3) is 0 Å². The number of sulfonamides is 1. The van der Waals surface area contributed by atoms with E-state index in [4.69, 9.17) is 0 Å². The third-order valence-corrected chi connectivity index (χ3v) is 6.12. The number of anilines is 1. The molecule has 2 aromatic rings. The molecule has 0 saturated carbocycles. The Hall–Kier alpha value is -2.25. The van der Waals surface area contributed by atoms with Crippen LogP contribution in [0.4, 0.5) is 10.1 Å². The van der Waals surface area contributed by atoms with Gasteiger partial charge in [-0.05, 0) is 55.7 Å². The molecule has 132 valence electrons. The fourth-order valence-electron chi connectivity index (χ4n) is 2.75. The van der Waals surface area contributed by atoms with Gasteiger partial charge in [0.15, 0.2) is 0 Å². The smallest absolute Gasteiger partial charge is 0.255 e. The number of nitrogens with one attached hydrogen (secondary N) is 1. The lowest BCUT2D eigenvalue weighted by molar-refractivity contribution is 0.102. The normalized spacial score (nSPS) is 15.3. The van der Waals surface area contributed by atoms with E-state index in [0.29, 0.717) is 24.3 Å². The van der Waals surface area contributed by atoms with E-state index in [1.165, 1.54) is 28.6 Å². The van der Waals surface area contributed by atoms with Crippen molar-refractivity contribution in [1.82, 2.24) is 4.31 Å². The van der Waals surface area contributed by atoms with Gasteiger partial charge in [0.25, 0.3) is 5.91 Å². The zero-order valence-corrected chi connectivity index (χ0v) is 14.6. The number of aryl methyl sites for hydroxylation is 1. The highest BCUT2D eigenvalue weighted by molar-refractivity contribution is 7.89. The van der Waals surface area contributed by atoms with Gasteiger partial charge >= 0.3 is 0 Å². The van der Waals surface area contributed by atoms with E-state index in [-0.39, 0.29) is 10.5 Å². The van der Waals surface area contributed by atoms with E-state index < -0.39 is 21.7 Å². The predicted octanol–water partition coefficient (Wildman–Crippen LogP) is 3.17. The molecule has 5 nitrogen and oxygen atoms in total. The van der Waals surface area contributed by atoms with Crippen LogP contribution in [0, 0.1) is 12.7 Å². The highest BCUT2D eigenvalue weighted by atomic mass is 32.2. The summed E-state index contributed by atoms with van der Waals surface area (Å²) >= 11 is 0. The van der Waals surface area contributed by atoms with Crippen molar-refractivity contribution in [1.29, 1.82) is 0 Å². The van der Waals surface area contributed by atoms with Gasteiger partial charge in [-0.25, -0.2) is 12.8 Å². The summed E-state index contributed by atoms with van der Waals surface area (Å²) in [7, 11) is -3.55. The molecule has 0 aliphatic carbocycles. The van der Waals surface area contributed by atoms with Crippen LogP contribution in [0.2, 0.25) is 0 Å². The first kappa shape index (κ1) is 17.6. The van der Waals surface area contributed by atoms with E-state index in [1.54, 1.807) is 19.1 Å². The minimum absolute atomic E-state index is 0.141. The van der Waals surface area contributed by atoms with Crippen molar-refractivity contribution in [3.63, 3.8) is 0 Å². The Bertz CT molecular complexity index is 906. The zero-order chi connectivity index (χ0) is 18.0. The van der Waals surface area contributed by atoms with E-state index in [0.717, 1.165) is 18.9 Å². The number of amides is 1. The number of hydrogen-bond acceptors (Lipinski definition) is 3. The molecule has 1 heterocycles. The molecule has 1 N–H and O–H groups in total. The lowest BCUT2D eigenvalue weighted by atomic mass is 10.1. The summed E-state index contributed by atoms with van der Waals surface area (Å²) in [4.78, 5) is 12.4. The molecule has 0 bridgehead atoms. The van der Waals surface area contributed by atoms with Crippen LogP contribution in [-0.2, 0) is 10.0 Å². The second kappa shape index (κ2) is 6.93. The summed E-state index contributed by atoms with van der Waals surface area (Å²) in [6, 6.07) is 10.3. The molecule has 1 saturated heterocycles. The van der Waals surface area contributed by atoms with Gasteiger partial charge in [0.2, 0.25) is 10.0 Å². The lowest BCUT2D eigenvalue weighted by Crippen LogP contribution is -2.27. The summed E-state index contributed by atoms with van der Waals surface area (Å²) in [6.07, 6.45) is 1.71. The minimum atomic E-state index is -3.55. The molecule has 25 heavy (non-hydrogen) atoms. The van der Waals surface area contributed by atoms with Crippen LogP contribution in [0.1, 0.15) is 28.8 Å². The second-order valence-electron chi connectivity index (χ2n) is 6.06. The Morgan fingerprint density at radius 1 is 1.12 bits per heavy atom. The molecule has 0 aromatic heterocycles. The standard InChI is InChI=1S/C18H19FN2O3S/c1-13-7-8-14(11-17(13)19)18(22)20-15-5-4-6-16(12-15)25(23,24)21-9-2-3-10-21/h4-8,11-12H,2-3,9-10H2,1H3,(H,20,22). The number of halogens is 1. The van der Waals surface area contributed by atoms with Gasteiger partial charge in [-0.15, -0.1) is 0 Å². The molecule has 0 spiro atoms. The van der Waals surface area contributed by atoms with E-state index >= 15 is 0 Å². The SMILES string of the molecule is Cc1ccc(C(=O)Nc2cccc(S(=O)(=O)N3CCCC3)c2)cc1F. The maximum Gasteiger partial charge on any atom is 0.255 e. The van der Waals surface area contributed by atoms with Gasteiger partial charge in [-0.2, -0.15) is 4.31 Å². The molecule has 0 atom stereocenters. The third kappa shape index (κ3) is 3.72. The number of hydrogen-bond donors (Lipinski definition) is 1. The highest BCUT2D eigenvalue weighted by Gasteiger charge is 2.27. The van der Waals surface area contributed by atoms with Crippen LogP contribution in [0.5, 0.6) is 0 Å². The van der Waals surface area contributed by atoms with Crippen LogP contribution in [-0.4, -0.2) is 31.7 Å². The molecule has 1 fully saturated rings. The summed E-state index contributed by atoms with van der Waals surface area (Å²) < 4.78 is 40.2. The van der Waals surface area contributed by atoms with Gasteiger partial charge in [-0.3, -0.25) is 4.79 Å². The van der Waals surface area contributed by atoms with Crippen molar-refractivity contribution >= 4 is 21.6 Å². The Labute approximate surface area is 146 Å². The maximum absolute atomic E-state index is 13.6. The lowest BCUT2D eigenvalue weighted by Gasteiger charge is -2.16. The summed E-state index contributed by atoms with van der Waals surface area (Å²) in [5.74, 6) is -0.951. The molecular weight excluding hydrogens is 343 g/mol. The van der Waals surface area contributed by atoms with Gasteiger partial charge in [-0.1, -0.05) is 12.1 Å². The first-order valence-corrected chi connectivity index (χ1v) is 9.50. The van der Waals surface area contributed by atoms with Crippen LogP contribution in [0.15, 0.2) is 47.4 Å². The molecule has 1 aliphatic rings. The number of benzene rings is 2. The molecule has 0 unspecified atom stereocenters. The molecule has 3 rings (SSSR count). The second-order valence-corrected chi connectivity index (χ2v) is 8.00. The fraction of sp³-hybridized carbons (Fsp3) is 0.278. The number of rotatable bonds is 4. The summed E-state index contributed by atoms with van der Waals surface area (Å²) in [5.41, 5.74) is 0.984. The van der Waals surface area contributed by atoms with Gasteiger partial charge in [0.1, 0.15) is 5.82 Å². The molecule has 0 radical (unpaired) electrons. The van der Waals surface area contributed by atoms with E-state index in [9.17, 15) is 17.6 Å². The topological polar surface area (TPSA) is 66.5 Å². The quantitative estimate of drug-likeness (QED) is 0.908. The van der Waals surface area contributed by atoms with E-state index in [1.807, 2.05) is 0 Å². The van der Waals surface area contributed by atoms with Crippen LogP contribution >= 0.6 is 0 Å². The Balaban J connectivity index is 1.82. The Morgan fingerprint density at radius 2 is 1.84 bits per heavy atom. The summed E-state index contributed by atoms with van der Waals surface area (Å²) in [5, 5.41) is 2.62. The molecular formula is C18H19FN2O3S. The fourth-order valence-corrected chi connectivity index (χ4v) is 4.31. The number of carbonyl (C=O) groups excluding carboxylic acids is 1. The zero-order valence-electron chi connectivity index (χ0n) is 13.8. The third-order valence-electron chi connectivity index (χ3n) is 4.23. The van der Waals surface area contributed by atoms with Crippen LogP contribution < -0.4 is 5.32 Å². The van der Waals surface area contributed by atoms with Gasteiger partial charge in [0.05, 0.1) is 4.90 Å². The van der Waals surface area contributed by atoms with Crippen molar-refractivity contribution in [2.75, 3.05) is 18.4 Å². The average Bonchev–Trinajstić information content (AvgIpc) is 3.13. The average molecular weight is 362 g/mol. The van der Waals surface area contributed by atoms with Crippen molar-refractivity contribution < 1.29 is 17.6 Å². The number of carbonyl (C=O) groups is 1. The molecule has 1 aliphatic heterocycles. The molecule has 1 amide bonds. The minimum Gasteiger partial charge on any atom is -0.322 e. The Kier molecular flexibility index (Phi) is 4.87. The predicted molar refractivity (Wildman–Crippen MR) is 93.5 cm³/mol.